The van der Waals surface area contributed by atoms with Crippen molar-refractivity contribution in [2.45, 2.75) is 12.8 Å². The minimum Gasteiger partial charge on any atom is -0.309 e. The van der Waals surface area contributed by atoms with Crippen LogP contribution < -0.4 is 58.3 Å². The van der Waals surface area contributed by atoms with Gasteiger partial charge in [-0.1, -0.05) is 231 Å². The summed E-state index contributed by atoms with van der Waals surface area (Å²) in [7, 11) is -14.2. The van der Waals surface area contributed by atoms with E-state index in [2.05, 4.69) is 27.3 Å². The molecule has 0 radical (unpaired) electrons. The maximum absolute atomic E-state index is 16.5. The SMILES string of the molecule is N#Cc1cc(-n2c3ccc(P(=O)(C4=CC=CCC4)c4ccccc4)cc3c3cc(P(=O)(c4ccccc4)c4ccccc4)ccc32)c(-n2c3ccc(P(=O)(c4ccccc4)c4ccccc4)cc3c3cc(P(=O)(c4ccccc4)c4ccccc4)ccc32)cc1C#N. The van der Waals surface area contributed by atoms with Gasteiger partial charge in [0.15, 0.2) is 28.6 Å². The molecule has 1 aliphatic carbocycles. The predicted molar refractivity (Wildman–Crippen MR) is 383 cm³/mol. The molecule has 0 saturated heterocycles. The van der Waals surface area contributed by atoms with Gasteiger partial charge in [-0.05, 0) is 103 Å². The molecule has 0 aliphatic heterocycles. The normalized spacial score (nSPS) is 13.4. The van der Waals surface area contributed by atoms with Gasteiger partial charge in [0.2, 0.25) is 0 Å². The summed E-state index contributed by atoms with van der Waals surface area (Å²) in [4.78, 5) is 0. The molecule has 0 saturated carbocycles. The van der Waals surface area contributed by atoms with Gasteiger partial charge in [0, 0.05) is 79.9 Å². The third-order valence-corrected chi connectivity index (χ3v) is 30.4. The molecule has 1 aliphatic rings. The van der Waals surface area contributed by atoms with Gasteiger partial charge in [0.25, 0.3) is 0 Å². The fourth-order valence-corrected chi connectivity index (χ4v) is 24.5. The van der Waals surface area contributed by atoms with Crippen molar-refractivity contribution in [3.8, 4) is 23.5 Å². The maximum atomic E-state index is 16.5. The molecule has 1 unspecified atom stereocenters. The number of allylic oxidation sites excluding steroid dienone is 4. The van der Waals surface area contributed by atoms with Crippen LogP contribution in [-0.2, 0) is 18.3 Å². The Morgan fingerprint density at radius 3 is 0.783 bits per heavy atom. The van der Waals surface area contributed by atoms with Crippen LogP contribution in [0.25, 0.3) is 55.0 Å². The van der Waals surface area contributed by atoms with Crippen molar-refractivity contribution >= 4 is 131 Å². The molecular weight excluding hydrogens is 1200 g/mol. The number of nitrogens with zero attached hydrogens (tertiary/aromatic N) is 4. The van der Waals surface area contributed by atoms with Crippen molar-refractivity contribution in [1.29, 1.82) is 10.5 Å². The van der Waals surface area contributed by atoms with Crippen LogP contribution in [-0.4, -0.2) is 9.13 Å². The quantitative estimate of drug-likeness (QED) is 0.0998. The van der Waals surface area contributed by atoms with Gasteiger partial charge < -0.3 is 27.4 Å². The van der Waals surface area contributed by atoms with E-state index in [1.54, 1.807) is 12.1 Å². The van der Waals surface area contributed by atoms with E-state index in [1.165, 1.54) is 0 Å². The number of fused-ring (bicyclic) bond motifs is 6. The molecule has 92 heavy (non-hydrogen) atoms. The summed E-state index contributed by atoms with van der Waals surface area (Å²) in [5.74, 6) is 0. The van der Waals surface area contributed by atoms with Gasteiger partial charge in [-0.2, -0.15) is 10.5 Å². The standard InChI is InChI=1S/C80H56N4O4P4/c81-55-57-49-79(83-75-45-41-67(89(85,59-25-9-1-10-26-59)60-27-11-2-12-28-60)51-71(75)72-52-68(42-46-76(72)83)90(86,61-29-13-3-14-30-61)62-31-15-4-16-32-62)80(50-58(57)56-82)84-77-47-43-69(91(87,63-33-17-5-18-34-63)64-35-19-6-20-36-64)53-73(77)74-54-70(44-48-78(74)84)92(88,65-37-21-7-22-38-65)66-39-23-8-24-40-66/h1-23,25-39,41-54H,24,40H2. The Labute approximate surface area is 533 Å². The number of aromatic nitrogens is 2. The summed E-state index contributed by atoms with van der Waals surface area (Å²) in [5.41, 5.74) is 4.12. The zero-order valence-corrected chi connectivity index (χ0v) is 53.2. The summed E-state index contributed by atoms with van der Waals surface area (Å²) in [6.07, 6.45) is 7.43. The first-order valence-corrected chi connectivity index (χ1v) is 37.2. The fourth-order valence-electron chi connectivity index (χ4n) is 13.6. The van der Waals surface area contributed by atoms with Crippen LogP contribution in [0.4, 0.5) is 0 Å². The van der Waals surface area contributed by atoms with Crippen LogP contribution in [0.3, 0.4) is 0 Å². The first kappa shape index (κ1) is 58.0. The van der Waals surface area contributed by atoms with Crippen LogP contribution in [0.15, 0.2) is 321 Å². The average Bonchev–Trinajstić information content (AvgIpc) is 1.55. The Kier molecular flexibility index (Phi) is 14.8. The van der Waals surface area contributed by atoms with Gasteiger partial charge in [0.1, 0.15) is 12.1 Å². The summed E-state index contributed by atoms with van der Waals surface area (Å²) in [6.45, 7) is 0. The zero-order chi connectivity index (χ0) is 62.6. The van der Waals surface area contributed by atoms with E-state index in [4.69, 9.17) is 0 Å². The fraction of sp³-hybridized carbons (Fsp3) is 0.0250. The van der Waals surface area contributed by atoms with Crippen LogP contribution in [0.1, 0.15) is 24.0 Å². The monoisotopic (exact) mass is 1260 g/mol. The lowest BCUT2D eigenvalue weighted by molar-refractivity contribution is 0.589. The molecule has 0 fully saturated rings. The molecule has 0 N–H and O–H groups in total. The van der Waals surface area contributed by atoms with Crippen molar-refractivity contribution < 1.29 is 18.3 Å². The Morgan fingerprint density at radius 2 is 0.543 bits per heavy atom. The molecule has 0 spiro atoms. The second-order valence-electron chi connectivity index (χ2n) is 23.0. The van der Waals surface area contributed by atoms with Gasteiger partial charge >= 0.3 is 0 Å². The van der Waals surface area contributed by atoms with Gasteiger partial charge in [-0.3, -0.25) is 0 Å². The molecule has 0 amide bonds. The van der Waals surface area contributed by atoms with E-state index in [1.807, 2.05) is 297 Å². The van der Waals surface area contributed by atoms with E-state index in [0.29, 0.717) is 109 Å². The first-order chi connectivity index (χ1) is 45.1. The highest BCUT2D eigenvalue weighted by Crippen LogP contribution is 2.56. The van der Waals surface area contributed by atoms with E-state index >= 15 is 18.3 Å². The van der Waals surface area contributed by atoms with Crippen LogP contribution in [0.2, 0.25) is 0 Å². The molecular formula is C80H56N4O4P4. The van der Waals surface area contributed by atoms with Gasteiger partial charge in [-0.15, -0.1) is 0 Å². The minimum atomic E-state index is -3.58. The largest absolute Gasteiger partial charge is 0.309 e. The molecule has 2 heterocycles. The Bertz CT molecular complexity index is 5320. The third kappa shape index (κ3) is 9.33. The second kappa shape index (κ2) is 23.5. The first-order valence-electron chi connectivity index (χ1n) is 30.4. The molecule has 0 bridgehead atoms. The Morgan fingerprint density at radius 1 is 0.293 bits per heavy atom. The molecule has 14 aromatic rings. The van der Waals surface area contributed by atoms with E-state index < -0.39 is 28.6 Å². The minimum absolute atomic E-state index is 0.139. The molecule has 1 atom stereocenters. The second-order valence-corrected chi connectivity index (χ2v) is 34.1. The smallest absolute Gasteiger partial charge is 0.171 e. The highest BCUT2D eigenvalue weighted by Gasteiger charge is 2.37. The van der Waals surface area contributed by atoms with Crippen molar-refractivity contribution in [2.24, 2.45) is 0 Å². The number of nitriles is 2. The van der Waals surface area contributed by atoms with E-state index in [0.717, 1.165) is 22.5 Å². The molecule has 15 rings (SSSR count). The summed E-state index contributed by atoms with van der Waals surface area (Å²) in [6, 6.07) is 98.9. The Hall–Kier alpha value is -10.4. The molecule has 12 heteroatoms. The third-order valence-electron chi connectivity index (χ3n) is 18.0. The van der Waals surface area contributed by atoms with Gasteiger partial charge in [0.05, 0.1) is 44.6 Å². The number of hydrogen-bond acceptors (Lipinski definition) is 6. The summed E-state index contributed by atoms with van der Waals surface area (Å²) >= 11 is 0. The van der Waals surface area contributed by atoms with Crippen LogP contribution >= 0.6 is 28.6 Å². The molecule has 440 valence electrons. The lowest BCUT2D eigenvalue weighted by Crippen LogP contribution is -2.25. The van der Waals surface area contributed by atoms with Crippen LogP contribution in [0, 0.1) is 22.7 Å². The molecule has 8 nitrogen and oxygen atoms in total. The summed E-state index contributed by atoms with van der Waals surface area (Å²) in [5, 5.41) is 33.0. The van der Waals surface area contributed by atoms with E-state index in [9.17, 15) is 10.5 Å². The topological polar surface area (TPSA) is 126 Å². The highest BCUT2D eigenvalue weighted by atomic mass is 31.2. The highest BCUT2D eigenvalue weighted by molar-refractivity contribution is 7.86. The Balaban J connectivity index is 1.06. The zero-order valence-electron chi connectivity index (χ0n) is 49.6. The van der Waals surface area contributed by atoms with Crippen LogP contribution in [0.5, 0.6) is 0 Å². The lowest BCUT2D eigenvalue weighted by atomic mass is 10.1. The predicted octanol–water partition coefficient (Wildman–Crippen LogP) is 15.1. The van der Waals surface area contributed by atoms with Crippen molar-refractivity contribution in [3.05, 3.63) is 332 Å². The summed E-state index contributed by atoms with van der Waals surface area (Å²) < 4.78 is 69.9. The molecule has 12 aromatic carbocycles. The van der Waals surface area contributed by atoms with Gasteiger partial charge in [-0.25, -0.2) is 0 Å². The lowest BCUT2D eigenvalue weighted by Gasteiger charge is -2.24. The number of benzene rings is 12. The molecule has 2 aromatic heterocycles. The average molecular weight is 1260 g/mol. The number of rotatable bonds is 14. The van der Waals surface area contributed by atoms with Crippen molar-refractivity contribution in [3.63, 3.8) is 0 Å². The number of hydrogen-bond donors (Lipinski definition) is 0. The maximum Gasteiger partial charge on any atom is 0.171 e. The van der Waals surface area contributed by atoms with Crippen molar-refractivity contribution in [2.75, 3.05) is 0 Å². The van der Waals surface area contributed by atoms with E-state index in [-0.39, 0.29) is 11.1 Å². The van der Waals surface area contributed by atoms with Crippen molar-refractivity contribution in [1.82, 2.24) is 9.13 Å².